The number of nitrogens with two attached hydrogens (primary N) is 1. The van der Waals surface area contributed by atoms with Gasteiger partial charge in [-0.25, -0.2) is 0 Å². The van der Waals surface area contributed by atoms with Crippen molar-refractivity contribution in [2.45, 2.75) is 24.8 Å². The highest BCUT2D eigenvalue weighted by molar-refractivity contribution is 7.80. The van der Waals surface area contributed by atoms with Crippen LogP contribution >= 0.6 is 23.8 Å². The predicted molar refractivity (Wildman–Crippen MR) is 95.3 cm³/mol. The maximum Gasteiger partial charge on any atom is 0.0758 e. The van der Waals surface area contributed by atoms with Crippen molar-refractivity contribution in [1.29, 1.82) is 0 Å². The van der Waals surface area contributed by atoms with E-state index in [1.54, 1.807) is 0 Å². The van der Waals surface area contributed by atoms with E-state index in [0.29, 0.717) is 28.6 Å². The Morgan fingerprint density at radius 3 is 2.68 bits per heavy atom. The minimum atomic E-state index is 0.318. The Morgan fingerprint density at radius 1 is 1.14 bits per heavy atom. The van der Waals surface area contributed by atoms with E-state index in [2.05, 4.69) is 35.6 Å². The molecule has 3 unspecified atom stereocenters. The number of nitrogen functional groups attached to an aromatic ring is 1. The number of rotatable bonds is 1. The average molecular weight is 329 g/mol. The third-order valence-corrected chi connectivity index (χ3v) is 5.58. The molecule has 0 amide bonds. The molecule has 4 heteroatoms. The SMILES string of the molecule is Nc1ccc(C2c3ccccc3C3NC(=S)CCC32)cc1Cl. The molecule has 1 heterocycles. The van der Waals surface area contributed by atoms with Crippen molar-refractivity contribution in [2.75, 3.05) is 5.73 Å². The molecule has 0 aromatic heterocycles. The molecule has 3 N–H and O–H groups in total. The molecule has 4 rings (SSSR count). The molecule has 1 aliphatic carbocycles. The number of nitrogens with one attached hydrogen (secondary N) is 1. The summed E-state index contributed by atoms with van der Waals surface area (Å²) in [6.07, 6.45) is 2.07. The van der Waals surface area contributed by atoms with Gasteiger partial charge in [0.25, 0.3) is 0 Å². The number of benzene rings is 2. The minimum Gasteiger partial charge on any atom is -0.398 e. The van der Waals surface area contributed by atoms with E-state index >= 15 is 0 Å². The summed E-state index contributed by atoms with van der Waals surface area (Å²) in [6, 6.07) is 15.0. The zero-order chi connectivity index (χ0) is 15.3. The summed E-state index contributed by atoms with van der Waals surface area (Å²) >= 11 is 11.7. The molecule has 22 heavy (non-hydrogen) atoms. The monoisotopic (exact) mass is 328 g/mol. The second-order valence-corrected chi connectivity index (χ2v) is 7.04. The molecule has 0 radical (unpaired) electrons. The number of halogens is 1. The molecule has 0 bridgehead atoms. The van der Waals surface area contributed by atoms with Crippen LogP contribution in [0.3, 0.4) is 0 Å². The molecule has 0 saturated carbocycles. The van der Waals surface area contributed by atoms with Gasteiger partial charge in [-0.3, -0.25) is 0 Å². The number of hydrogen-bond acceptors (Lipinski definition) is 2. The van der Waals surface area contributed by atoms with Crippen LogP contribution in [0.4, 0.5) is 5.69 Å². The fraction of sp³-hybridized carbons (Fsp3) is 0.278. The Balaban J connectivity index is 1.84. The van der Waals surface area contributed by atoms with E-state index < -0.39 is 0 Å². The quantitative estimate of drug-likeness (QED) is 0.600. The van der Waals surface area contributed by atoms with E-state index in [1.807, 2.05) is 12.1 Å². The topological polar surface area (TPSA) is 38.0 Å². The standard InChI is InChI=1S/C18H17ClN2S/c19-14-9-10(5-7-15(14)20)17-11-3-1-2-4-12(11)18-13(17)6-8-16(22)21-18/h1-5,7,9,13,17-18H,6,8,20H2,(H,21,22). The third-order valence-electron chi connectivity index (χ3n) is 4.93. The minimum absolute atomic E-state index is 0.318. The first kappa shape index (κ1) is 14.0. The van der Waals surface area contributed by atoms with Crippen molar-refractivity contribution in [1.82, 2.24) is 5.32 Å². The third kappa shape index (κ3) is 2.11. The van der Waals surface area contributed by atoms with Crippen LogP contribution in [0.1, 0.15) is 41.5 Å². The second-order valence-electron chi connectivity index (χ2n) is 6.14. The molecule has 2 aromatic rings. The highest BCUT2D eigenvalue weighted by Gasteiger charge is 2.43. The van der Waals surface area contributed by atoms with E-state index in [-0.39, 0.29) is 0 Å². The van der Waals surface area contributed by atoms with Gasteiger partial charge in [0.2, 0.25) is 0 Å². The summed E-state index contributed by atoms with van der Waals surface area (Å²) in [7, 11) is 0. The molecular formula is C18H17ClN2S. The van der Waals surface area contributed by atoms with E-state index in [0.717, 1.165) is 17.8 Å². The molecule has 2 aromatic carbocycles. The van der Waals surface area contributed by atoms with E-state index in [1.165, 1.54) is 16.7 Å². The normalized spacial score (nSPS) is 26.2. The Bertz CT molecular complexity index is 759. The molecule has 0 spiro atoms. The Hall–Kier alpha value is -1.58. The first-order chi connectivity index (χ1) is 10.6. The molecular weight excluding hydrogens is 312 g/mol. The van der Waals surface area contributed by atoms with E-state index in [9.17, 15) is 0 Å². The van der Waals surface area contributed by atoms with Gasteiger partial charge in [-0.05, 0) is 47.6 Å². The van der Waals surface area contributed by atoms with Crippen LogP contribution in [0.25, 0.3) is 0 Å². The first-order valence-corrected chi connectivity index (χ1v) is 8.37. The van der Waals surface area contributed by atoms with Gasteiger partial charge in [-0.2, -0.15) is 0 Å². The second kappa shape index (κ2) is 5.25. The van der Waals surface area contributed by atoms with Gasteiger partial charge in [0.15, 0.2) is 0 Å². The summed E-state index contributed by atoms with van der Waals surface area (Å²) in [6.45, 7) is 0. The molecule has 112 valence electrons. The smallest absolute Gasteiger partial charge is 0.0758 e. The van der Waals surface area contributed by atoms with E-state index in [4.69, 9.17) is 29.6 Å². The maximum absolute atomic E-state index is 6.26. The largest absolute Gasteiger partial charge is 0.398 e. The summed E-state index contributed by atoms with van der Waals surface area (Å²) in [4.78, 5) is 0.979. The van der Waals surface area contributed by atoms with Crippen LogP contribution in [0.2, 0.25) is 5.02 Å². The van der Waals surface area contributed by atoms with Crippen molar-refractivity contribution in [3.05, 3.63) is 64.2 Å². The van der Waals surface area contributed by atoms with Crippen molar-refractivity contribution < 1.29 is 0 Å². The number of fused-ring (bicyclic) bond motifs is 3. The van der Waals surface area contributed by atoms with Gasteiger partial charge < -0.3 is 11.1 Å². The van der Waals surface area contributed by atoms with Crippen LogP contribution < -0.4 is 11.1 Å². The van der Waals surface area contributed by atoms with Gasteiger partial charge in [-0.1, -0.05) is 54.2 Å². The average Bonchev–Trinajstić information content (AvgIpc) is 2.84. The van der Waals surface area contributed by atoms with Crippen LogP contribution in [0.5, 0.6) is 0 Å². The van der Waals surface area contributed by atoms with Crippen LogP contribution in [-0.4, -0.2) is 4.99 Å². The summed E-state index contributed by atoms with van der Waals surface area (Å²) in [5.74, 6) is 0.874. The highest BCUT2D eigenvalue weighted by Crippen LogP contribution is 2.52. The van der Waals surface area contributed by atoms with Crippen molar-refractivity contribution in [3.63, 3.8) is 0 Å². The number of piperidine rings is 1. The lowest BCUT2D eigenvalue weighted by Crippen LogP contribution is -2.36. The molecule has 1 fully saturated rings. The van der Waals surface area contributed by atoms with Gasteiger partial charge >= 0.3 is 0 Å². The summed E-state index contributed by atoms with van der Waals surface area (Å²) in [5, 5.41) is 4.17. The summed E-state index contributed by atoms with van der Waals surface area (Å²) < 4.78 is 0. The fourth-order valence-electron chi connectivity index (χ4n) is 3.96. The lowest BCUT2D eigenvalue weighted by molar-refractivity contribution is 0.357. The Kier molecular flexibility index (Phi) is 3.35. The molecule has 1 aliphatic heterocycles. The fourth-order valence-corrected chi connectivity index (χ4v) is 4.39. The maximum atomic E-state index is 6.26. The van der Waals surface area contributed by atoms with Crippen molar-refractivity contribution in [3.8, 4) is 0 Å². The van der Waals surface area contributed by atoms with Crippen LogP contribution in [-0.2, 0) is 0 Å². The van der Waals surface area contributed by atoms with Gasteiger partial charge in [0, 0.05) is 5.92 Å². The molecule has 1 saturated heterocycles. The van der Waals surface area contributed by atoms with Crippen LogP contribution in [0, 0.1) is 5.92 Å². The van der Waals surface area contributed by atoms with Crippen molar-refractivity contribution in [2.24, 2.45) is 5.92 Å². The predicted octanol–water partition coefficient (Wildman–Crippen LogP) is 4.44. The Labute approximate surface area is 140 Å². The molecule has 3 atom stereocenters. The number of thiocarbonyl (C=S) groups is 1. The number of anilines is 1. The Morgan fingerprint density at radius 2 is 1.91 bits per heavy atom. The lowest BCUT2D eigenvalue weighted by Gasteiger charge is -2.32. The number of hydrogen-bond donors (Lipinski definition) is 2. The molecule has 2 nitrogen and oxygen atoms in total. The van der Waals surface area contributed by atoms with Crippen molar-refractivity contribution >= 4 is 34.5 Å². The summed E-state index contributed by atoms with van der Waals surface area (Å²) in [5.41, 5.74) is 10.5. The van der Waals surface area contributed by atoms with Gasteiger partial charge in [0.05, 0.1) is 21.7 Å². The lowest BCUT2D eigenvalue weighted by atomic mass is 9.80. The zero-order valence-corrected chi connectivity index (χ0v) is 13.6. The molecule has 2 aliphatic rings. The first-order valence-electron chi connectivity index (χ1n) is 7.58. The zero-order valence-electron chi connectivity index (χ0n) is 12.1. The van der Waals surface area contributed by atoms with Crippen LogP contribution in [0.15, 0.2) is 42.5 Å². The van der Waals surface area contributed by atoms with Gasteiger partial charge in [0.1, 0.15) is 0 Å². The highest BCUT2D eigenvalue weighted by atomic mass is 35.5. The van der Waals surface area contributed by atoms with Gasteiger partial charge in [-0.15, -0.1) is 0 Å².